The predicted molar refractivity (Wildman–Crippen MR) is 85.3 cm³/mol. The van der Waals surface area contributed by atoms with E-state index < -0.39 is 0 Å². The second-order valence-electron chi connectivity index (χ2n) is 6.08. The van der Waals surface area contributed by atoms with Crippen LogP contribution in [0.1, 0.15) is 48.0 Å². The first kappa shape index (κ1) is 15.8. The van der Waals surface area contributed by atoms with Crippen molar-refractivity contribution in [2.75, 3.05) is 0 Å². The Morgan fingerprint density at radius 1 is 1.32 bits per heavy atom. The Labute approximate surface area is 129 Å². The lowest BCUT2D eigenvalue weighted by atomic mass is 9.85. The molecule has 5 heteroatoms. The Kier molecular flexibility index (Phi) is 4.35. The van der Waals surface area contributed by atoms with Gasteiger partial charge in [-0.05, 0) is 30.0 Å². The van der Waals surface area contributed by atoms with E-state index in [1.54, 1.807) is 19.1 Å². The molecule has 0 fully saturated rings. The van der Waals surface area contributed by atoms with Crippen LogP contribution in [-0.4, -0.2) is 17.2 Å². The average Bonchev–Trinajstić information content (AvgIpc) is 2.85. The number of para-hydroxylation sites is 1. The summed E-state index contributed by atoms with van der Waals surface area (Å²) in [4.78, 5) is 11.9. The molecule has 1 aromatic carbocycles. The van der Waals surface area contributed by atoms with E-state index in [2.05, 4.69) is 10.5 Å². The van der Waals surface area contributed by atoms with Crippen LogP contribution in [0, 0.1) is 6.92 Å². The maximum atomic E-state index is 11.9. The van der Waals surface area contributed by atoms with Gasteiger partial charge in [0.2, 0.25) is 0 Å². The molecule has 0 saturated carbocycles. The summed E-state index contributed by atoms with van der Waals surface area (Å²) in [7, 11) is 0. The summed E-state index contributed by atoms with van der Waals surface area (Å²) in [6.07, 6.45) is 2.88. The third-order valence-electron chi connectivity index (χ3n) is 3.35. The fourth-order valence-corrected chi connectivity index (χ4v) is 2.11. The number of furan rings is 1. The topological polar surface area (TPSA) is 74.8 Å². The van der Waals surface area contributed by atoms with Crippen LogP contribution in [0.3, 0.4) is 0 Å². The van der Waals surface area contributed by atoms with Crippen LogP contribution in [0.15, 0.2) is 40.0 Å². The molecule has 0 atom stereocenters. The number of carbonyl (C=O) groups is 1. The lowest BCUT2D eigenvalue weighted by molar-refractivity contribution is 0.0953. The highest BCUT2D eigenvalue weighted by Gasteiger charge is 2.19. The molecule has 0 aliphatic heterocycles. The molecule has 0 aliphatic rings. The summed E-state index contributed by atoms with van der Waals surface area (Å²) in [6.45, 7) is 7.77. The van der Waals surface area contributed by atoms with Gasteiger partial charge in [-0.25, -0.2) is 5.43 Å². The van der Waals surface area contributed by atoms with E-state index in [1.807, 2.05) is 32.9 Å². The summed E-state index contributed by atoms with van der Waals surface area (Å²) in [5, 5.41) is 14.2. The lowest BCUT2D eigenvalue weighted by Crippen LogP contribution is -2.18. The van der Waals surface area contributed by atoms with Crippen molar-refractivity contribution < 1.29 is 14.3 Å². The Hall–Kier alpha value is -2.56. The van der Waals surface area contributed by atoms with Gasteiger partial charge in [-0.3, -0.25) is 4.79 Å². The number of carbonyl (C=O) groups excluding carboxylic acids is 1. The number of hydrazone groups is 1. The number of aryl methyl sites for hydroxylation is 1. The van der Waals surface area contributed by atoms with Crippen molar-refractivity contribution >= 4 is 12.1 Å². The van der Waals surface area contributed by atoms with Gasteiger partial charge < -0.3 is 9.52 Å². The van der Waals surface area contributed by atoms with E-state index in [9.17, 15) is 9.90 Å². The summed E-state index contributed by atoms with van der Waals surface area (Å²) in [5.41, 5.74) is 4.06. The lowest BCUT2D eigenvalue weighted by Gasteiger charge is -2.21. The van der Waals surface area contributed by atoms with Crippen LogP contribution >= 0.6 is 0 Å². The maximum absolute atomic E-state index is 11.9. The van der Waals surface area contributed by atoms with Gasteiger partial charge in [0.25, 0.3) is 5.91 Å². The highest BCUT2D eigenvalue weighted by Crippen LogP contribution is 2.32. The van der Waals surface area contributed by atoms with Gasteiger partial charge in [-0.1, -0.05) is 32.9 Å². The summed E-state index contributed by atoms with van der Waals surface area (Å²) in [5.74, 6) is 0.353. The summed E-state index contributed by atoms with van der Waals surface area (Å²) in [6, 6.07) is 7.05. The van der Waals surface area contributed by atoms with Gasteiger partial charge in [0.1, 0.15) is 11.5 Å². The van der Waals surface area contributed by atoms with E-state index >= 15 is 0 Å². The number of nitrogens with one attached hydrogen (secondary N) is 1. The Morgan fingerprint density at radius 3 is 2.64 bits per heavy atom. The number of phenolic OH excluding ortho intramolecular Hbond substituents is 1. The number of benzene rings is 1. The standard InChI is InChI=1S/C17H20N2O3/c1-11-13(8-9-22-11)16(21)19-18-10-12-6-5-7-14(15(12)20)17(2,3)4/h5-10,20H,1-4H3,(H,19,21)/b18-10-. The molecular weight excluding hydrogens is 280 g/mol. The average molecular weight is 300 g/mol. The Morgan fingerprint density at radius 2 is 2.05 bits per heavy atom. The zero-order chi connectivity index (χ0) is 16.3. The SMILES string of the molecule is Cc1occc1C(=O)N/N=C\c1cccc(C(C)(C)C)c1O. The van der Waals surface area contributed by atoms with Crippen LogP contribution < -0.4 is 5.43 Å². The molecule has 2 aromatic rings. The van der Waals surface area contributed by atoms with Crippen molar-refractivity contribution in [3.05, 3.63) is 53.0 Å². The Bertz CT molecular complexity index is 709. The van der Waals surface area contributed by atoms with Crippen LogP contribution in [0.25, 0.3) is 0 Å². The zero-order valence-electron chi connectivity index (χ0n) is 13.2. The van der Waals surface area contributed by atoms with Gasteiger partial charge in [-0.2, -0.15) is 5.10 Å². The van der Waals surface area contributed by atoms with E-state index in [4.69, 9.17) is 4.42 Å². The van der Waals surface area contributed by atoms with Crippen LogP contribution in [0.5, 0.6) is 5.75 Å². The molecule has 1 aromatic heterocycles. The molecule has 0 unspecified atom stereocenters. The van der Waals surface area contributed by atoms with Crippen molar-refractivity contribution in [3.63, 3.8) is 0 Å². The third kappa shape index (κ3) is 3.36. The number of nitrogens with zero attached hydrogens (tertiary/aromatic N) is 1. The van der Waals surface area contributed by atoms with E-state index in [0.29, 0.717) is 16.9 Å². The molecule has 0 saturated heterocycles. The molecular formula is C17H20N2O3. The molecule has 2 rings (SSSR count). The minimum atomic E-state index is -0.353. The van der Waals surface area contributed by atoms with Gasteiger partial charge in [0.05, 0.1) is 18.0 Å². The maximum Gasteiger partial charge on any atom is 0.274 e. The highest BCUT2D eigenvalue weighted by molar-refractivity contribution is 5.95. The number of amides is 1. The van der Waals surface area contributed by atoms with Crippen molar-refractivity contribution in [2.24, 2.45) is 5.10 Å². The number of aromatic hydroxyl groups is 1. The molecule has 22 heavy (non-hydrogen) atoms. The van der Waals surface area contributed by atoms with Gasteiger partial charge in [-0.15, -0.1) is 0 Å². The van der Waals surface area contributed by atoms with Gasteiger partial charge in [0, 0.05) is 5.56 Å². The molecule has 2 N–H and O–H groups in total. The summed E-state index contributed by atoms with van der Waals surface area (Å²) >= 11 is 0. The molecule has 0 bridgehead atoms. The second-order valence-corrected chi connectivity index (χ2v) is 6.08. The van der Waals surface area contributed by atoms with Crippen molar-refractivity contribution in [3.8, 4) is 5.75 Å². The highest BCUT2D eigenvalue weighted by atomic mass is 16.3. The van der Waals surface area contributed by atoms with Crippen molar-refractivity contribution in [1.82, 2.24) is 5.43 Å². The fraction of sp³-hybridized carbons (Fsp3) is 0.294. The van der Waals surface area contributed by atoms with Crippen LogP contribution in [-0.2, 0) is 5.41 Å². The molecule has 1 amide bonds. The van der Waals surface area contributed by atoms with Crippen LogP contribution in [0.2, 0.25) is 0 Å². The van der Waals surface area contributed by atoms with Gasteiger partial charge in [0.15, 0.2) is 0 Å². The molecule has 1 heterocycles. The van der Waals surface area contributed by atoms with Crippen molar-refractivity contribution in [1.29, 1.82) is 0 Å². The number of hydrogen-bond acceptors (Lipinski definition) is 4. The van der Waals surface area contributed by atoms with E-state index in [-0.39, 0.29) is 17.1 Å². The second kappa shape index (κ2) is 6.05. The quantitative estimate of drug-likeness (QED) is 0.674. The first-order chi connectivity index (χ1) is 10.3. The number of rotatable bonds is 3. The molecule has 0 aliphatic carbocycles. The molecule has 5 nitrogen and oxygen atoms in total. The molecule has 0 radical (unpaired) electrons. The number of hydrogen-bond donors (Lipinski definition) is 2. The monoisotopic (exact) mass is 300 g/mol. The minimum Gasteiger partial charge on any atom is -0.507 e. The number of phenols is 1. The largest absolute Gasteiger partial charge is 0.507 e. The molecule has 0 spiro atoms. The van der Waals surface area contributed by atoms with E-state index in [1.165, 1.54) is 12.5 Å². The predicted octanol–water partition coefficient (Wildman–Crippen LogP) is 3.36. The minimum absolute atomic E-state index is 0.174. The zero-order valence-corrected chi connectivity index (χ0v) is 13.2. The Balaban J connectivity index is 2.15. The molecule has 116 valence electrons. The first-order valence-electron chi connectivity index (χ1n) is 7.00. The smallest absolute Gasteiger partial charge is 0.274 e. The van der Waals surface area contributed by atoms with Crippen molar-refractivity contribution in [2.45, 2.75) is 33.1 Å². The normalized spacial score (nSPS) is 11.8. The van der Waals surface area contributed by atoms with Crippen LogP contribution in [0.4, 0.5) is 0 Å². The van der Waals surface area contributed by atoms with E-state index in [0.717, 1.165) is 5.56 Å². The van der Waals surface area contributed by atoms with Gasteiger partial charge >= 0.3 is 0 Å². The fourth-order valence-electron chi connectivity index (χ4n) is 2.11. The third-order valence-corrected chi connectivity index (χ3v) is 3.35. The summed E-state index contributed by atoms with van der Waals surface area (Å²) < 4.78 is 5.07. The first-order valence-corrected chi connectivity index (χ1v) is 7.00.